The summed E-state index contributed by atoms with van der Waals surface area (Å²) in [7, 11) is 2.65. The van der Waals surface area contributed by atoms with Crippen LogP contribution in [0.3, 0.4) is 0 Å². The zero-order chi connectivity index (χ0) is 47.2. The van der Waals surface area contributed by atoms with E-state index >= 15 is 0 Å². The zero-order valence-electron chi connectivity index (χ0n) is 39.8. The van der Waals surface area contributed by atoms with Gasteiger partial charge in [-0.2, -0.15) is 0 Å². The molecule has 0 unspecified atom stereocenters. The number of fused-ring (bicyclic) bond motifs is 7. The first-order chi connectivity index (χ1) is 33.1. The molecule has 3 saturated heterocycles. The van der Waals surface area contributed by atoms with Crippen LogP contribution in [0.15, 0.2) is 48.7 Å². The number of imidazole rings is 2. The maximum atomic E-state index is 14.6. The standard InChI is InChI=1S/C52H64N8O8/c1-6-28(3)44(57-51(63)65-4)49(61)60-40-11-9-8-10-32(40)24-42(60)47-53-26-39(55-47)31-12-15-35-33(22-31)27-68-43-25-36-30(23-37(35)43)13-16-38-46(36)56-48(54-38)41-17-14-34(7-2)59(41)50(62)45(58-52(64)66-5)29-18-20-67-21-19-29/h12-13,15-16,22-23,25-26,28-29,32,34,40-42,44-45H,6-11,14,17-21,24,27H2,1-5H3,(H,53,55)(H,54,56)(H,57,63)(H,58,64)/t28-,32-,34-,40-,41-,42-,44-,45-/m0/s1. The van der Waals surface area contributed by atoms with Gasteiger partial charge in [0.05, 0.1) is 49.2 Å². The van der Waals surface area contributed by atoms with Crippen molar-refractivity contribution in [1.29, 1.82) is 0 Å². The van der Waals surface area contributed by atoms with Gasteiger partial charge in [-0.1, -0.05) is 58.2 Å². The number of likely N-dealkylation sites (tertiary alicyclic amines) is 2. The third-order valence-electron chi connectivity index (χ3n) is 15.9. The van der Waals surface area contributed by atoms with E-state index in [4.69, 9.17) is 28.9 Å². The van der Waals surface area contributed by atoms with E-state index in [0.717, 1.165) is 125 Å². The highest BCUT2D eigenvalue weighted by atomic mass is 16.5. The van der Waals surface area contributed by atoms with Crippen molar-refractivity contribution in [3.8, 4) is 28.1 Å². The topological polar surface area (TPSA) is 193 Å². The van der Waals surface area contributed by atoms with Gasteiger partial charge in [0, 0.05) is 36.2 Å². The summed E-state index contributed by atoms with van der Waals surface area (Å²) >= 11 is 0. The molecule has 0 spiro atoms. The van der Waals surface area contributed by atoms with Crippen molar-refractivity contribution < 1.29 is 38.1 Å². The normalized spacial score (nSPS) is 23.8. The van der Waals surface area contributed by atoms with Gasteiger partial charge in [0.2, 0.25) is 11.8 Å². The van der Waals surface area contributed by atoms with Crippen molar-refractivity contribution in [2.75, 3.05) is 27.4 Å². The number of carbonyl (C=O) groups is 4. The van der Waals surface area contributed by atoms with Gasteiger partial charge in [0.15, 0.2) is 0 Å². The molecule has 1 saturated carbocycles. The number of nitrogens with one attached hydrogen (secondary N) is 4. The van der Waals surface area contributed by atoms with Crippen LogP contribution < -0.4 is 15.4 Å². The van der Waals surface area contributed by atoms with Crippen LogP contribution in [0.1, 0.15) is 121 Å². The highest BCUT2D eigenvalue weighted by Crippen LogP contribution is 2.48. The van der Waals surface area contributed by atoms with Crippen LogP contribution in [0.4, 0.5) is 9.59 Å². The number of hydrogen-bond donors (Lipinski definition) is 4. The van der Waals surface area contributed by atoms with Crippen molar-refractivity contribution in [1.82, 2.24) is 40.4 Å². The molecular formula is C52H64N8O8. The summed E-state index contributed by atoms with van der Waals surface area (Å²) in [4.78, 5) is 75.4. The Labute approximate surface area is 396 Å². The van der Waals surface area contributed by atoms with E-state index in [2.05, 4.69) is 70.0 Å². The molecule has 0 bridgehead atoms. The lowest BCUT2D eigenvalue weighted by atomic mass is 9.84. The summed E-state index contributed by atoms with van der Waals surface area (Å²) in [5.41, 5.74) is 6.69. The molecule has 360 valence electrons. The van der Waals surface area contributed by atoms with Crippen LogP contribution in [0.2, 0.25) is 0 Å². The summed E-state index contributed by atoms with van der Waals surface area (Å²) in [5.74, 6) is 2.34. The molecule has 5 aliphatic rings. The first-order valence-corrected chi connectivity index (χ1v) is 24.8. The van der Waals surface area contributed by atoms with Crippen molar-refractivity contribution in [3.63, 3.8) is 0 Å². The van der Waals surface area contributed by atoms with Crippen molar-refractivity contribution in [2.45, 2.75) is 134 Å². The smallest absolute Gasteiger partial charge is 0.407 e. The average Bonchev–Trinajstić information content (AvgIpc) is 4.21. The second kappa shape index (κ2) is 19.1. The van der Waals surface area contributed by atoms with Gasteiger partial charge in [0.25, 0.3) is 0 Å². The summed E-state index contributed by atoms with van der Waals surface area (Å²) in [6.45, 7) is 7.61. The summed E-state index contributed by atoms with van der Waals surface area (Å²) < 4.78 is 22.0. The number of benzene rings is 3. The largest absolute Gasteiger partial charge is 0.488 e. The lowest BCUT2D eigenvalue weighted by Gasteiger charge is -2.37. The van der Waals surface area contributed by atoms with Gasteiger partial charge in [-0.05, 0) is 115 Å². The molecular weight excluding hydrogens is 865 g/mol. The Hall–Kier alpha value is -6.16. The molecule has 5 aromatic rings. The molecule has 68 heavy (non-hydrogen) atoms. The number of carbonyl (C=O) groups excluding carboxylic acids is 4. The van der Waals surface area contributed by atoms with Gasteiger partial charge >= 0.3 is 12.2 Å². The molecule has 16 nitrogen and oxygen atoms in total. The predicted molar refractivity (Wildman–Crippen MR) is 255 cm³/mol. The number of methoxy groups -OCH3 is 2. The van der Waals surface area contributed by atoms with Crippen LogP contribution >= 0.6 is 0 Å². The molecule has 4 aliphatic heterocycles. The zero-order valence-corrected chi connectivity index (χ0v) is 39.8. The maximum absolute atomic E-state index is 14.6. The highest BCUT2D eigenvalue weighted by molar-refractivity contribution is 6.07. The quantitative estimate of drug-likeness (QED) is 0.0995. The van der Waals surface area contributed by atoms with Gasteiger partial charge < -0.3 is 49.3 Å². The Morgan fingerprint density at radius 1 is 0.838 bits per heavy atom. The van der Waals surface area contributed by atoms with Gasteiger partial charge in [0.1, 0.15) is 36.1 Å². The van der Waals surface area contributed by atoms with Crippen LogP contribution in [0.25, 0.3) is 44.2 Å². The molecule has 0 radical (unpaired) electrons. The van der Waals surface area contributed by atoms with Crippen molar-refractivity contribution in [3.05, 3.63) is 65.9 Å². The minimum atomic E-state index is -0.720. The number of ether oxygens (including phenoxy) is 4. The van der Waals surface area contributed by atoms with E-state index in [1.165, 1.54) is 14.2 Å². The Morgan fingerprint density at radius 3 is 2.41 bits per heavy atom. The van der Waals surface area contributed by atoms with Crippen molar-refractivity contribution >= 4 is 45.8 Å². The molecule has 4 amide bonds. The van der Waals surface area contributed by atoms with Gasteiger partial charge in [-0.15, -0.1) is 0 Å². The minimum Gasteiger partial charge on any atom is -0.488 e. The average molecular weight is 929 g/mol. The summed E-state index contributed by atoms with van der Waals surface area (Å²) in [6, 6.07) is 13.0. The van der Waals surface area contributed by atoms with E-state index in [1.807, 2.05) is 29.8 Å². The number of aromatic nitrogens is 4. The van der Waals surface area contributed by atoms with Crippen LogP contribution in [0, 0.1) is 17.8 Å². The fourth-order valence-electron chi connectivity index (χ4n) is 12.0. The summed E-state index contributed by atoms with van der Waals surface area (Å²) in [6.07, 6.45) is 10.2. The number of rotatable bonds is 11. The third kappa shape index (κ3) is 8.32. The monoisotopic (exact) mass is 928 g/mol. The molecule has 16 heteroatoms. The van der Waals surface area contributed by atoms with Crippen LogP contribution in [0.5, 0.6) is 5.75 Å². The molecule has 10 rings (SSSR count). The van der Waals surface area contributed by atoms with Crippen LogP contribution in [-0.4, -0.2) is 105 Å². The van der Waals surface area contributed by atoms with Crippen LogP contribution in [-0.2, 0) is 30.4 Å². The fourth-order valence-corrected chi connectivity index (χ4v) is 12.0. The minimum absolute atomic E-state index is 0.0128. The SMILES string of the molecule is CC[C@H]1CC[C@@H](c2nc3c(ccc4cc5c(cc43)OCc3cc(-c4cnc([C@@H]6C[C@@H]7CCCC[C@@H]7N6C(=O)[C@@H](NC(=O)OC)[C@@H](C)CC)[nH]4)ccc3-5)[nH]2)N1C(=O)[C@@H](NC(=O)OC)C1CCOCC1. The predicted octanol–water partition coefficient (Wildman–Crippen LogP) is 8.86. The molecule has 2 aromatic heterocycles. The molecule has 4 N–H and O–H groups in total. The number of amides is 4. The molecule has 6 heterocycles. The Balaban J connectivity index is 0.914. The van der Waals surface area contributed by atoms with Gasteiger partial charge in [-0.3, -0.25) is 9.59 Å². The molecule has 4 fully saturated rings. The molecule has 3 aromatic carbocycles. The first kappa shape index (κ1) is 45.6. The van der Waals surface area contributed by atoms with E-state index in [0.29, 0.717) is 38.6 Å². The Bertz CT molecular complexity index is 2710. The Kier molecular flexibility index (Phi) is 12.8. The van der Waals surface area contributed by atoms with E-state index in [9.17, 15) is 19.2 Å². The lowest BCUT2D eigenvalue weighted by molar-refractivity contribution is -0.139. The number of alkyl carbamates (subject to hydrolysis) is 2. The van der Waals surface area contributed by atoms with E-state index < -0.39 is 24.3 Å². The summed E-state index contributed by atoms with van der Waals surface area (Å²) in [5, 5.41) is 7.72. The first-order valence-electron chi connectivity index (χ1n) is 24.8. The number of nitrogens with zero attached hydrogens (tertiary/aromatic N) is 4. The third-order valence-corrected chi connectivity index (χ3v) is 15.9. The second-order valence-corrected chi connectivity index (χ2v) is 19.6. The van der Waals surface area contributed by atoms with Crippen molar-refractivity contribution in [2.24, 2.45) is 17.8 Å². The number of H-pyrrole nitrogens is 2. The second-order valence-electron chi connectivity index (χ2n) is 19.6. The number of hydrogen-bond acceptors (Lipinski definition) is 10. The van der Waals surface area contributed by atoms with Gasteiger partial charge in [-0.25, -0.2) is 19.6 Å². The molecule has 1 aliphatic carbocycles. The highest BCUT2D eigenvalue weighted by Gasteiger charge is 2.49. The van der Waals surface area contributed by atoms with E-state index in [1.54, 1.807) is 0 Å². The van der Waals surface area contributed by atoms with E-state index in [-0.39, 0.29) is 47.8 Å². The fraction of sp³-hybridized carbons (Fsp3) is 0.538. The molecule has 8 atom stereocenters. The Morgan fingerprint density at radius 2 is 1.63 bits per heavy atom. The lowest BCUT2D eigenvalue weighted by Crippen LogP contribution is -2.54. The maximum Gasteiger partial charge on any atom is 0.407 e. The number of aromatic amines is 2.